The topological polar surface area (TPSA) is 73.8 Å². The molecule has 0 unspecified atom stereocenters. The van der Waals surface area contributed by atoms with Crippen LogP contribution in [-0.2, 0) is 0 Å². The van der Waals surface area contributed by atoms with Crippen LogP contribution in [0.25, 0.3) is 22.0 Å². The van der Waals surface area contributed by atoms with Crippen LogP contribution in [0.1, 0.15) is 19.3 Å². The molecule has 3 saturated heterocycles. The number of ether oxygens (including phenoxy) is 1. The minimum atomic E-state index is -0.697. The summed E-state index contributed by atoms with van der Waals surface area (Å²) in [6.07, 6.45) is 3.23. The van der Waals surface area contributed by atoms with Crippen molar-refractivity contribution in [1.29, 1.82) is 0 Å². The second-order valence-electron chi connectivity index (χ2n) is 10.2. The Morgan fingerprint density at radius 1 is 1.17 bits per heavy atom. The van der Waals surface area contributed by atoms with Gasteiger partial charge in [-0.1, -0.05) is 6.07 Å². The molecule has 0 radical (unpaired) electrons. The number of hydrogen-bond donors (Lipinski definition) is 2. The second-order valence-corrected chi connectivity index (χ2v) is 10.2. The highest BCUT2D eigenvalue weighted by Gasteiger charge is 2.43. The van der Waals surface area contributed by atoms with Gasteiger partial charge in [0.2, 0.25) is 0 Å². The predicted octanol–water partition coefficient (Wildman–Crippen LogP) is 3.55. The summed E-state index contributed by atoms with van der Waals surface area (Å²) >= 11 is 0. The lowest BCUT2D eigenvalue weighted by Crippen LogP contribution is -2.54. The number of likely N-dealkylation sites (tertiary alicyclic amines) is 1. The lowest BCUT2D eigenvalue weighted by atomic mass is 9.81. The number of aromatic nitrogens is 2. The molecule has 1 atom stereocenters. The highest BCUT2D eigenvalue weighted by molar-refractivity contribution is 5.94. The van der Waals surface area contributed by atoms with Gasteiger partial charge in [-0.05, 0) is 57.1 Å². The standard InChI is InChI=1S/C26H29F2N5O2/c1-32-8-3-4-16(32)12-35-25-30-21-11-17(23-19(27)5-2-6-22(23)34)20(28)10-18(21)24(31-25)33-9-7-26(15-33)13-29-14-26/h2,5-6,10-11,16,29,34H,3-4,7-9,12-15H2,1H3/t16-/m0/s1. The molecule has 35 heavy (non-hydrogen) atoms. The van der Waals surface area contributed by atoms with Gasteiger partial charge in [0, 0.05) is 48.6 Å². The van der Waals surface area contributed by atoms with Crippen molar-refractivity contribution in [2.24, 2.45) is 5.41 Å². The van der Waals surface area contributed by atoms with E-state index in [9.17, 15) is 9.50 Å². The Hall–Kier alpha value is -3.04. The average molecular weight is 482 g/mol. The van der Waals surface area contributed by atoms with Crippen molar-refractivity contribution >= 4 is 16.7 Å². The molecule has 0 amide bonds. The highest BCUT2D eigenvalue weighted by Crippen LogP contribution is 2.41. The number of anilines is 1. The van der Waals surface area contributed by atoms with Crippen LogP contribution in [0.15, 0.2) is 30.3 Å². The zero-order valence-corrected chi connectivity index (χ0v) is 19.7. The molecular formula is C26H29F2N5O2. The predicted molar refractivity (Wildman–Crippen MR) is 130 cm³/mol. The van der Waals surface area contributed by atoms with Crippen LogP contribution in [0.2, 0.25) is 0 Å². The Labute approximate surface area is 202 Å². The molecule has 3 aromatic rings. The van der Waals surface area contributed by atoms with E-state index in [1.165, 1.54) is 30.3 Å². The van der Waals surface area contributed by atoms with E-state index in [1.54, 1.807) is 0 Å². The zero-order chi connectivity index (χ0) is 24.2. The minimum absolute atomic E-state index is 0.0414. The molecule has 3 aliphatic heterocycles. The van der Waals surface area contributed by atoms with Crippen molar-refractivity contribution in [3.63, 3.8) is 0 Å². The number of phenols is 1. The van der Waals surface area contributed by atoms with E-state index in [0.717, 1.165) is 52.0 Å². The number of benzene rings is 2. The van der Waals surface area contributed by atoms with Gasteiger partial charge in [-0.3, -0.25) is 0 Å². The maximum Gasteiger partial charge on any atom is 0.319 e. The normalized spacial score (nSPS) is 21.7. The van der Waals surface area contributed by atoms with Crippen molar-refractivity contribution in [2.75, 3.05) is 51.3 Å². The molecule has 2 N–H and O–H groups in total. The van der Waals surface area contributed by atoms with Gasteiger partial charge in [-0.25, -0.2) is 8.78 Å². The molecular weight excluding hydrogens is 452 g/mol. The number of phenolic OH excluding ortho intramolecular Hbond substituents is 1. The summed E-state index contributed by atoms with van der Waals surface area (Å²) in [5, 5.41) is 14.2. The van der Waals surface area contributed by atoms with E-state index < -0.39 is 11.6 Å². The van der Waals surface area contributed by atoms with Gasteiger partial charge in [0.15, 0.2) is 0 Å². The summed E-state index contributed by atoms with van der Waals surface area (Å²) in [4.78, 5) is 13.8. The maximum atomic E-state index is 15.4. The second kappa shape index (κ2) is 8.57. The van der Waals surface area contributed by atoms with Crippen molar-refractivity contribution in [1.82, 2.24) is 20.2 Å². The Morgan fingerprint density at radius 3 is 2.71 bits per heavy atom. The highest BCUT2D eigenvalue weighted by atomic mass is 19.1. The van der Waals surface area contributed by atoms with Crippen molar-refractivity contribution in [3.05, 3.63) is 42.0 Å². The quantitative estimate of drug-likeness (QED) is 0.577. The van der Waals surface area contributed by atoms with Crippen LogP contribution in [0.4, 0.5) is 14.6 Å². The number of nitrogens with one attached hydrogen (secondary N) is 1. The maximum absolute atomic E-state index is 15.4. The van der Waals surface area contributed by atoms with E-state index in [0.29, 0.717) is 29.4 Å². The lowest BCUT2D eigenvalue weighted by molar-refractivity contribution is 0.188. The summed E-state index contributed by atoms with van der Waals surface area (Å²) in [7, 11) is 2.08. The van der Waals surface area contributed by atoms with Crippen molar-refractivity contribution < 1.29 is 18.6 Å². The molecule has 4 heterocycles. The van der Waals surface area contributed by atoms with Crippen LogP contribution in [0.5, 0.6) is 11.8 Å². The van der Waals surface area contributed by atoms with E-state index in [2.05, 4.69) is 27.1 Å². The first-order chi connectivity index (χ1) is 16.9. The third-order valence-corrected chi connectivity index (χ3v) is 7.82. The van der Waals surface area contributed by atoms with Gasteiger partial charge < -0.3 is 25.0 Å². The number of rotatable bonds is 5. The zero-order valence-electron chi connectivity index (χ0n) is 19.7. The van der Waals surface area contributed by atoms with Crippen molar-refractivity contribution in [2.45, 2.75) is 25.3 Å². The summed E-state index contributed by atoms with van der Waals surface area (Å²) in [5.41, 5.74) is 0.460. The minimum Gasteiger partial charge on any atom is -0.507 e. The molecule has 9 heteroatoms. The van der Waals surface area contributed by atoms with Gasteiger partial charge in [0.05, 0.1) is 11.1 Å². The largest absolute Gasteiger partial charge is 0.507 e. The lowest BCUT2D eigenvalue weighted by Gasteiger charge is -2.39. The first-order valence-electron chi connectivity index (χ1n) is 12.2. The molecule has 0 aliphatic carbocycles. The van der Waals surface area contributed by atoms with Crippen molar-refractivity contribution in [3.8, 4) is 22.9 Å². The van der Waals surface area contributed by atoms with Crippen LogP contribution in [0.3, 0.4) is 0 Å². The van der Waals surface area contributed by atoms with E-state index in [-0.39, 0.29) is 28.3 Å². The number of aromatic hydroxyl groups is 1. The molecule has 3 fully saturated rings. The van der Waals surface area contributed by atoms with Crippen LogP contribution >= 0.6 is 0 Å². The van der Waals surface area contributed by atoms with Gasteiger partial charge >= 0.3 is 6.01 Å². The fraction of sp³-hybridized carbons (Fsp3) is 0.462. The first-order valence-corrected chi connectivity index (χ1v) is 12.2. The monoisotopic (exact) mass is 481 g/mol. The fourth-order valence-corrected chi connectivity index (χ4v) is 5.63. The van der Waals surface area contributed by atoms with E-state index in [4.69, 9.17) is 9.72 Å². The molecule has 3 aliphatic rings. The summed E-state index contributed by atoms with van der Waals surface area (Å²) < 4.78 is 36.0. The number of hydrogen-bond acceptors (Lipinski definition) is 7. The van der Waals surface area contributed by atoms with Gasteiger partial charge in [0.25, 0.3) is 0 Å². The molecule has 0 saturated carbocycles. The summed E-state index contributed by atoms with van der Waals surface area (Å²) in [6, 6.07) is 7.30. The fourth-order valence-electron chi connectivity index (χ4n) is 5.63. The molecule has 0 bridgehead atoms. The van der Waals surface area contributed by atoms with E-state index >= 15 is 4.39 Å². The Morgan fingerprint density at radius 2 is 2.03 bits per heavy atom. The average Bonchev–Trinajstić information content (AvgIpc) is 3.44. The molecule has 2 aromatic carbocycles. The van der Waals surface area contributed by atoms with Gasteiger partial charge in [-0.15, -0.1) is 0 Å². The number of fused-ring (bicyclic) bond motifs is 1. The molecule has 1 aromatic heterocycles. The molecule has 184 valence electrons. The van der Waals surface area contributed by atoms with Gasteiger partial charge in [0.1, 0.15) is 29.8 Å². The number of likely N-dealkylation sites (N-methyl/N-ethyl adjacent to an activating group) is 1. The summed E-state index contributed by atoms with van der Waals surface area (Å²) in [5.74, 6) is -1.02. The Kier molecular flexibility index (Phi) is 5.49. The molecule has 6 rings (SSSR count). The third-order valence-electron chi connectivity index (χ3n) is 7.82. The smallest absolute Gasteiger partial charge is 0.319 e. The molecule has 1 spiro atoms. The van der Waals surface area contributed by atoms with E-state index in [1.807, 2.05) is 0 Å². The summed E-state index contributed by atoms with van der Waals surface area (Å²) in [6.45, 7) is 5.09. The first kappa shape index (κ1) is 22.4. The third kappa shape index (κ3) is 3.96. The Bertz CT molecular complexity index is 1260. The molecule has 7 nitrogen and oxygen atoms in total. The van der Waals surface area contributed by atoms with Crippen LogP contribution < -0.4 is 15.0 Å². The van der Waals surface area contributed by atoms with Crippen LogP contribution in [0, 0.1) is 17.0 Å². The SMILES string of the molecule is CN1CCC[C@H]1COc1nc(N2CCC3(CNC3)C2)c2cc(F)c(-c3c(O)cccc3F)cc2n1. The number of halogens is 2. The van der Waals surface area contributed by atoms with Gasteiger partial charge in [-0.2, -0.15) is 9.97 Å². The Balaban J connectivity index is 1.43. The number of nitrogens with zero attached hydrogens (tertiary/aromatic N) is 4. The van der Waals surface area contributed by atoms with Crippen LogP contribution in [-0.4, -0.2) is 72.4 Å².